The summed E-state index contributed by atoms with van der Waals surface area (Å²) in [5, 5.41) is 40.9. The van der Waals surface area contributed by atoms with Crippen molar-refractivity contribution >= 4 is 17.4 Å². The number of aliphatic imine (C=N–C) groups is 1. The maximum atomic E-state index is 12.4. The Kier molecular flexibility index (Phi) is 5.27. The first-order valence-corrected chi connectivity index (χ1v) is 13.1. The molecule has 8 rings (SSSR count). The fourth-order valence-electron chi connectivity index (χ4n) is 8.32. The summed E-state index contributed by atoms with van der Waals surface area (Å²) in [7, 11) is 0. The zero-order valence-electron chi connectivity index (χ0n) is 20.7. The number of esters is 1. The third-order valence-corrected chi connectivity index (χ3v) is 9.62. The van der Waals surface area contributed by atoms with Crippen LogP contribution in [-0.4, -0.2) is 98.7 Å². The van der Waals surface area contributed by atoms with Crippen molar-refractivity contribution in [3.8, 4) is 0 Å². The van der Waals surface area contributed by atoms with Gasteiger partial charge in [-0.2, -0.15) is 0 Å². The van der Waals surface area contributed by atoms with Crippen LogP contribution in [0.15, 0.2) is 40.9 Å². The Labute approximate surface area is 214 Å². The monoisotopic (exact) mass is 512 g/mol. The number of nitrogens with zero attached hydrogens (tertiary/aromatic N) is 2. The number of fused-ring (bicyclic) bond motifs is 2. The smallest absolute Gasteiger partial charge is 0.302 e. The van der Waals surface area contributed by atoms with Gasteiger partial charge >= 0.3 is 5.97 Å². The van der Waals surface area contributed by atoms with E-state index < -0.39 is 49.0 Å². The minimum atomic E-state index is -1.52. The van der Waals surface area contributed by atoms with E-state index in [2.05, 4.69) is 11.0 Å². The topological polar surface area (TPSA) is 141 Å². The Balaban J connectivity index is 1.30. The van der Waals surface area contributed by atoms with E-state index >= 15 is 0 Å². The molecule has 3 unspecified atom stereocenters. The van der Waals surface area contributed by atoms with Crippen molar-refractivity contribution in [2.75, 3.05) is 6.61 Å². The first kappa shape index (κ1) is 23.9. The summed E-state index contributed by atoms with van der Waals surface area (Å²) in [4.78, 5) is 19.8. The number of ether oxygens (including phenoxy) is 3. The predicted molar refractivity (Wildman–Crippen MR) is 129 cm³/mol. The molecule has 7 aliphatic rings. The molecular weight excluding hydrogens is 480 g/mol. The predicted octanol–water partition coefficient (Wildman–Crippen LogP) is 0.137. The number of para-hydroxylation sites is 1. The molecule has 5 bridgehead atoms. The van der Waals surface area contributed by atoms with Crippen molar-refractivity contribution < 1.29 is 39.4 Å². The van der Waals surface area contributed by atoms with Crippen molar-refractivity contribution in [3.05, 3.63) is 41.5 Å². The van der Waals surface area contributed by atoms with Gasteiger partial charge < -0.3 is 34.6 Å². The normalized spacial score (nSPS) is 49.7. The first-order chi connectivity index (χ1) is 17.8. The highest BCUT2D eigenvalue weighted by Gasteiger charge is 2.75. The number of rotatable bonds is 4. The molecule has 1 saturated carbocycles. The molecule has 13 atom stereocenters. The van der Waals surface area contributed by atoms with Gasteiger partial charge in [-0.3, -0.25) is 14.7 Å². The second-order valence-electron chi connectivity index (χ2n) is 11.1. The molecule has 6 heterocycles. The molecule has 1 aromatic carbocycles. The highest BCUT2D eigenvalue weighted by Crippen LogP contribution is 2.67. The van der Waals surface area contributed by atoms with Crippen molar-refractivity contribution in [2.45, 2.75) is 87.2 Å². The van der Waals surface area contributed by atoms with E-state index in [-0.39, 0.29) is 36.0 Å². The zero-order valence-corrected chi connectivity index (χ0v) is 20.7. The van der Waals surface area contributed by atoms with Crippen LogP contribution < -0.4 is 0 Å². The summed E-state index contributed by atoms with van der Waals surface area (Å²) < 4.78 is 18.3. The summed E-state index contributed by atoms with van der Waals surface area (Å²) >= 11 is 0. The Bertz CT molecular complexity index is 1200. The lowest BCUT2D eigenvalue weighted by atomic mass is 9.66. The second kappa shape index (κ2) is 8.16. The summed E-state index contributed by atoms with van der Waals surface area (Å²) in [6.45, 7) is 2.89. The van der Waals surface area contributed by atoms with E-state index in [0.717, 1.165) is 35.4 Å². The fourth-order valence-corrected chi connectivity index (χ4v) is 8.32. The van der Waals surface area contributed by atoms with Crippen LogP contribution in [0.5, 0.6) is 0 Å². The molecule has 4 N–H and O–H groups in total. The molecule has 0 radical (unpaired) electrons. The molecule has 1 spiro atoms. The highest BCUT2D eigenvalue weighted by molar-refractivity contribution is 6.08. The van der Waals surface area contributed by atoms with Gasteiger partial charge in [0.25, 0.3) is 0 Å². The van der Waals surface area contributed by atoms with Gasteiger partial charge in [-0.1, -0.05) is 24.3 Å². The van der Waals surface area contributed by atoms with E-state index in [1.165, 1.54) is 6.92 Å². The quantitative estimate of drug-likeness (QED) is 0.327. The molecule has 10 heteroatoms. The van der Waals surface area contributed by atoms with Crippen LogP contribution in [0.4, 0.5) is 5.69 Å². The lowest BCUT2D eigenvalue weighted by Gasteiger charge is -2.59. The molecule has 6 fully saturated rings. The summed E-state index contributed by atoms with van der Waals surface area (Å²) in [5.41, 5.74) is 3.57. The number of hydrogen-bond acceptors (Lipinski definition) is 10. The van der Waals surface area contributed by atoms with Gasteiger partial charge in [0.05, 0.1) is 29.5 Å². The van der Waals surface area contributed by atoms with Crippen molar-refractivity contribution in [1.29, 1.82) is 0 Å². The largest absolute Gasteiger partial charge is 0.461 e. The van der Waals surface area contributed by atoms with Crippen LogP contribution in [0.25, 0.3) is 0 Å². The number of piperidine rings is 4. The van der Waals surface area contributed by atoms with Crippen LogP contribution in [-0.2, 0) is 24.4 Å². The zero-order chi connectivity index (χ0) is 25.8. The minimum absolute atomic E-state index is 0.0495. The van der Waals surface area contributed by atoms with Gasteiger partial charge in [0.1, 0.15) is 36.7 Å². The van der Waals surface area contributed by atoms with Gasteiger partial charge in [-0.05, 0) is 42.9 Å². The number of aliphatic hydroxyl groups excluding tert-OH is 4. The number of carbonyl (C=O) groups excluding carboxylic acids is 1. The molecule has 6 aliphatic heterocycles. The molecule has 0 amide bonds. The van der Waals surface area contributed by atoms with Crippen LogP contribution in [0.2, 0.25) is 0 Å². The van der Waals surface area contributed by atoms with E-state index in [1.807, 2.05) is 31.2 Å². The molecular formula is C27H32N2O8. The van der Waals surface area contributed by atoms with E-state index in [4.69, 9.17) is 19.2 Å². The molecule has 1 aliphatic carbocycles. The number of aliphatic hydroxyl groups is 4. The summed E-state index contributed by atoms with van der Waals surface area (Å²) in [6, 6.07) is 8.10. The Morgan fingerprint density at radius 3 is 2.76 bits per heavy atom. The number of hydrogen-bond donors (Lipinski definition) is 4. The minimum Gasteiger partial charge on any atom is -0.461 e. The lowest BCUT2D eigenvalue weighted by molar-refractivity contribution is -0.328. The summed E-state index contributed by atoms with van der Waals surface area (Å²) in [6.07, 6.45) is -4.07. The van der Waals surface area contributed by atoms with Gasteiger partial charge in [0.2, 0.25) is 0 Å². The number of allylic oxidation sites excluding steroid dienone is 1. The maximum absolute atomic E-state index is 12.4. The van der Waals surface area contributed by atoms with E-state index in [0.29, 0.717) is 0 Å². The fraction of sp³-hybridized carbons (Fsp3) is 0.630. The van der Waals surface area contributed by atoms with Crippen molar-refractivity contribution in [1.82, 2.24) is 4.90 Å². The SMILES string of the molecule is C/C=C1/C2C[C@H]3C4=Nc5ccccc5[C@]45C[C@@H](C2[C@H]5OC(C)=O)N3[C@@H]1O[C@@H]1O[C@H](CO)[C@@H](O)[C@H](O)[C@H]1O. The second-order valence-corrected chi connectivity index (χ2v) is 11.1. The van der Waals surface area contributed by atoms with Crippen molar-refractivity contribution in [2.24, 2.45) is 16.8 Å². The molecule has 198 valence electrons. The highest BCUT2D eigenvalue weighted by atomic mass is 16.7. The lowest BCUT2D eigenvalue weighted by Crippen LogP contribution is -2.70. The Morgan fingerprint density at radius 2 is 2.03 bits per heavy atom. The molecule has 10 nitrogen and oxygen atoms in total. The summed E-state index contributed by atoms with van der Waals surface area (Å²) in [5.74, 6) is -0.176. The van der Waals surface area contributed by atoms with Gasteiger partial charge in [-0.15, -0.1) is 0 Å². The van der Waals surface area contributed by atoms with Gasteiger partial charge in [0.15, 0.2) is 6.29 Å². The van der Waals surface area contributed by atoms with Gasteiger partial charge in [0, 0.05) is 18.9 Å². The standard InChI is InChI=1S/C27H32N2O8/c1-3-12-13-8-16-23-27(14-6-4-5-7-15(14)28-23)9-17(19(13)24(27)35-11(2)31)29(16)25(12)37-26-22(34)21(33)20(32)18(10-30)36-26/h3-7,13,16-22,24-26,30,32-34H,8-10H2,1-2H3/b12-3-/t13?,16-,17-,18+,19?,20+,21-,22+,24+,25+,26-,27+/m0/s1. The Morgan fingerprint density at radius 1 is 1.24 bits per heavy atom. The van der Waals surface area contributed by atoms with Gasteiger partial charge in [-0.25, -0.2) is 0 Å². The average molecular weight is 513 g/mol. The molecule has 5 saturated heterocycles. The van der Waals surface area contributed by atoms with E-state index in [1.54, 1.807) is 0 Å². The maximum Gasteiger partial charge on any atom is 0.302 e. The Hall–Kier alpha value is -2.18. The van der Waals surface area contributed by atoms with Crippen LogP contribution in [0.1, 0.15) is 32.3 Å². The number of carbonyl (C=O) groups is 1. The molecule has 1 aromatic rings. The molecule has 37 heavy (non-hydrogen) atoms. The third kappa shape index (κ3) is 2.95. The van der Waals surface area contributed by atoms with Crippen LogP contribution in [0.3, 0.4) is 0 Å². The van der Waals surface area contributed by atoms with E-state index in [9.17, 15) is 25.2 Å². The third-order valence-electron chi connectivity index (χ3n) is 9.62. The average Bonchev–Trinajstić information content (AvgIpc) is 3.36. The number of benzene rings is 1. The molecule has 0 aromatic heterocycles. The van der Waals surface area contributed by atoms with Crippen LogP contribution in [0, 0.1) is 11.8 Å². The first-order valence-electron chi connectivity index (χ1n) is 13.1. The van der Waals surface area contributed by atoms with Crippen LogP contribution >= 0.6 is 0 Å². The van der Waals surface area contributed by atoms with Crippen molar-refractivity contribution in [3.63, 3.8) is 0 Å².